The van der Waals surface area contributed by atoms with Gasteiger partial charge in [0, 0.05) is 0 Å². The van der Waals surface area contributed by atoms with Gasteiger partial charge in [0.05, 0.1) is 25.0 Å². The van der Waals surface area contributed by atoms with Crippen molar-refractivity contribution in [2.45, 2.75) is 97.8 Å². The lowest BCUT2D eigenvalue weighted by Crippen LogP contribution is -2.28. The Morgan fingerprint density at radius 3 is 1.69 bits per heavy atom. The lowest BCUT2D eigenvalue weighted by molar-refractivity contribution is -0.155. The average Bonchev–Trinajstić information content (AvgIpc) is 2.63. The summed E-state index contributed by atoms with van der Waals surface area (Å²) < 4.78 is 10.8. The Labute approximate surface area is 160 Å². The van der Waals surface area contributed by atoms with Gasteiger partial charge in [0.15, 0.2) is 0 Å². The van der Waals surface area contributed by atoms with E-state index in [0.29, 0.717) is 19.1 Å². The molecule has 4 nitrogen and oxygen atoms in total. The van der Waals surface area contributed by atoms with Crippen LogP contribution in [0.15, 0.2) is 0 Å². The molecule has 0 N–H and O–H groups in total. The number of rotatable bonds is 13. The van der Waals surface area contributed by atoms with Crippen molar-refractivity contribution in [1.82, 2.24) is 0 Å². The van der Waals surface area contributed by atoms with E-state index in [1.807, 2.05) is 0 Å². The third-order valence-corrected chi connectivity index (χ3v) is 5.31. The van der Waals surface area contributed by atoms with Gasteiger partial charge in [-0.25, -0.2) is 0 Å². The third-order valence-electron chi connectivity index (χ3n) is 5.31. The monoisotopic (exact) mass is 368 g/mol. The van der Waals surface area contributed by atoms with Gasteiger partial charge in [-0.3, -0.25) is 9.59 Å². The van der Waals surface area contributed by atoms with Gasteiger partial charge >= 0.3 is 11.9 Å². The molecule has 0 heterocycles. The first-order chi connectivity index (χ1) is 12.5. The van der Waals surface area contributed by atoms with Crippen molar-refractivity contribution in [2.75, 3.05) is 13.2 Å². The Kier molecular flexibility index (Phi) is 12.4. The summed E-state index contributed by atoms with van der Waals surface area (Å²) in [7, 11) is 0. The molecule has 0 aromatic rings. The molecule has 0 atom stereocenters. The van der Waals surface area contributed by atoms with Crippen LogP contribution in [0.4, 0.5) is 0 Å². The fourth-order valence-corrected chi connectivity index (χ4v) is 3.51. The fraction of sp³-hybridized carbons (Fsp3) is 0.909. The van der Waals surface area contributed by atoms with Gasteiger partial charge in [-0.15, -0.1) is 0 Å². The number of esters is 2. The number of hydrogen-bond acceptors (Lipinski definition) is 4. The van der Waals surface area contributed by atoms with E-state index in [0.717, 1.165) is 51.4 Å². The van der Waals surface area contributed by atoms with Crippen molar-refractivity contribution >= 4 is 11.9 Å². The highest BCUT2D eigenvalue weighted by Crippen LogP contribution is 2.30. The first-order valence-electron chi connectivity index (χ1n) is 10.9. The van der Waals surface area contributed by atoms with Crippen LogP contribution in [-0.2, 0) is 19.1 Å². The highest BCUT2D eigenvalue weighted by Gasteiger charge is 2.31. The quantitative estimate of drug-likeness (QED) is 0.310. The molecule has 0 aromatic heterocycles. The molecule has 0 aliphatic heterocycles. The Hall–Kier alpha value is -1.06. The van der Waals surface area contributed by atoms with E-state index in [-0.39, 0.29) is 23.8 Å². The van der Waals surface area contributed by atoms with Crippen LogP contribution in [0, 0.1) is 17.8 Å². The van der Waals surface area contributed by atoms with Crippen molar-refractivity contribution in [1.29, 1.82) is 0 Å². The van der Waals surface area contributed by atoms with Crippen molar-refractivity contribution in [3.63, 3.8) is 0 Å². The first-order valence-corrected chi connectivity index (χ1v) is 10.9. The Morgan fingerprint density at radius 1 is 0.769 bits per heavy atom. The van der Waals surface area contributed by atoms with Crippen LogP contribution in [0.2, 0.25) is 0 Å². The molecule has 1 aliphatic carbocycles. The van der Waals surface area contributed by atoms with Crippen molar-refractivity contribution in [2.24, 2.45) is 17.8 Å². The Balaban J connectivity index is 2.09. The molecule has 0 amide bonds. The highest BCUT2D eigenvalue weighted by molar-refractivity contribution is 5.75. The third kappa shape index (κ3) is 10.2. The second-order valence-corrected chi connectivity index (χ2v) is 8.19. The van der Waals surface area contributed by atoms with Crippen LogP contribution in [-0.4, -0.2) is 25.2 Å². The van der Waals surface area contributed by atoms with E-state index in [9.17, 15) is 9.59 Å². The molecule has 0 radical (unpaired) electrons. The van der Waals surface area contributed by atoms with Gasteiger partial charge in [-0.2, -0.15) is 0 Å². The second-order valence-electron chi connectivity index (χ2n) is 8.19. The first kappa shape index (κ1) is 23.0. The van der Waals surface area contributed by atoms with Gasteiger partial charge in [0.1, 0.15) is 0 Å². The summed E-state index contributed by atoms with van der Waals surface area (Å²) in [6, 6.07) is 0. The van der Waals surface area contributed by atoms with Gasteiger partial charge < -0.3 is 9.47 Å². The smallest absolute Gasteiger partial charge is 0.308 e. The minimum atomic E-state index is -0.0720. The maximum atomic E-state index is 12.1. The SMILES string of the molecule is CCCCCCCOC(=O)C1CCC(C(=O)OCCCCC(C)C)CC1. The molecule has 1 saturated carbocycles. The highest BCUT2D eigenvalue weighted by atomic mass is 16.5. The van der Waals surface area contributed by atoms with Gasteiger partial charge in [-0.05, 0) is 50.9 Å². The molecule has 0 saturated heterocycles. The fourth-order valence-electron chi connectivity index (χ4n) is 3.51. The van der Waals surface area contributed by atoms with Crippen LogP contribution in [0.25, 0.3) is 0 Å². The van der Waals surface area contributed by atoms with E-state index in [1.165, 1.54) is 25.7 Å². The number of carbonyl (C=O) groups is 2. The molecule has 1 aliphatic rings. The summed E-state index contributed by atoms with van der Waals surface area (Å²) >= 11 is 0. The predicted molar refractivity (Wildman–Crippen MR) is 105 cm³/mol. The Morgan fingerprint density at radius 2 is 1.23 bits per heavy atom. The predicted octanol–water partition coefficient (Wildman–Crippen LogP) is 5.68. The molecule has 0 aromatic carbocycles. The number of carbonyl (C=O) groups excluding carboxylic acids is 2. The zero-order valence-electron chi connectivity index (χ0n) is 17.3. The number of hydrogen-bond donors (Lipinski definition) is 0. The van der Waals surface area contributed by atoms with E-state index >= 15 is 0 Å². The molecule has 0 unspecified atom stereocenters. The second kappa shape index (κ2) is 14.1. The lowest BCUT2D eigenvalue weighted by Gasteiger charge is -2.26. The van der Waals surface area contributed by atoms with E-state index < -0.39 is 0 Å². The van der Waals surface area contributed by atoms with Crippen LogP contribution in [0.1, 0.15) is 97.8 Å². The van der Waals surface area contributed by atoms with E-state index in [2.05, 4.69) is 20.8 Å². The van der Waals surface area contributed by atoms with E-state index in [4.69, 9.17) is 9.47 Å². The molecule has 1 rings (SSSR count). The molecule has 1 fully saturated rings. The molecule has 26 heavy (non-hydrogen) atoms. The van der Waals surface area contributed by atoms with Crippen molar-refractivity contribution in [3.8, 4) is 0 Å². The summed E-state index contributed by atoms with van der Waals surface area (Å²) in [5.41, 5.74) is 0. The van der Waals surface area contributed by atoms with Crippen LogP contribution in [0.3, 0.4) is 0 Å². The zero-order chi connectivity index (χ0) is 19.2. The Bertz CT molecular complexity index is 384. The summed E-state index contributed by atoms with van der Waals surface area (Å²) in [5.74, 6) is 0.509. The van der Waals surface area contributed by atoms with Gasteiger partial charge in [-0.1, -0.05) is 52.9 Å². The normalized spacial score (nSPS) is 20.2. The zero-order valence-corrected chi connectivity index (χ0v) is 17.3. The topological polar surface area (TPSA) is 52.6 Å². The van der Waals surface area contributed by atoms with Crippen LogP contribution < -0.4 is 0 Å². The minimum absolute atomic E-state index is 0.0271. The largest absolute Gasteiger partial charge is 0.465 e. The maximum absolute atomic E-state index is 12.1. The summed E-state index contributed by atoms with van der Waals surface area (Å²) in [4.78, 5) is 24.3. The lowest BCUT2D eigenvalue weighted by atomic mass is 9.82. The standard InChI is InChI=1S/C22H40O4/c1-4-5-6-7-9-16-25-21(23)19-12-14-20(15-13-19)22(24)26-17-10-8-11-18(2)3/h18-20H,4-17H2,1-3H3. The van der Waals surface area contributed by atoms with Crippen molar-refractivity contribution in [3.05, 3.63) is 0 Å². The molecule has 152 valence electrons. The van der Waals surface area contributed by atoms with Crippen LogP contribution >= 0.6 is 0 Å². The summed E-state index contributed by atoms with van der Waals surface area (Å²) in [6.45, 7) is 7.69. The number of unbranched alkanes of at least 4 members (excludes halogenated alkanes) is 5. The van der Waals surface area contributed by atoms with Gasteiger partial charge in [0.25, 0.3) is 0 Å². The molecular weight excluding hydrogens is 328 g/mol. The summed E-state index contributed by atoms with van der Waals surface area (Å²) in [6.07, 6.45) is 12.1. The molecule has 0 spiro atoms. The summed E-state index contributed by atoms with van der Waals surface area (Å²) in [5, 5.41) is 0. The minimum Gasteiger partial charge on any atom is -0.465 e. The van der Waals surface area contributed by atoms with E-state index in [1.54, 1.807) is 0 Å². The van der Waals surface area contributed by atoms with Gasteiger partial charge in [0.2, 0.25) is 0 Å². The molecular formula is C22H40O4. The maximum Gasteiger partial charge on any atom is 0.308 e. The molecule has 4 heteroatoms. The average molecular weight is 369 g/mol. The van der Waals surface area contributed by atoms with Crippen molar-refractivity contribution < 1.29 is 19.1 Å². The van der Waals surface area contributed by atoms with Crippen LogP contribution in [0.5, 0.6) is 0 Å². The molecule has 0 bridgehead atoms. The number of ether oxygens (including phenoxy) is 2.